The maximum absolute atomic E-state index is 12.2. The number of hydrogen-bond acceptors (Lipinski definition) is 6. The largest absolute Gasteiger partial charge is 0.379 e. The molecule has 1 aromatic carbocycles. The predicted octanol–water partition coefficient (Wildman–Crippen LogP) is 1.32. The highest BCUT2D eigenvalue weighted by atomic mass is 16.5. The van der Waals surface area contributed by atoms with Crippen molar-refractivity contribution in [3.63, 3.8) is 0 Å². The zero-order valence-electron chi connectivity index (χ0n) is 13.8. The van der Waals surface area contributed by atoms with Crippen LogP contribution in [0.1, 0.15) is 12.5 Å². The molecule has 1 aliphatic heterocycles. The van der Waals surface area contributed by atoms with E-state index in [9.17, 15) is 4.79 Å². The molecule has 24 heavy (non-hydrogen) atoms. The molecule has 1 amide bonds. The molecule has 1 aliphatic rings. The van der Waals surface area contributed by atoms with Gasteiger partial charge in [0.25, 0.3) is 0 Å². The second kappa shape index (κ2) is 8.03. The standard InChI is InChI=1S/C17H22N4O3/c1-13(11-21-6-8-23-9-7-21)17(22)18-10-14-2-4-15(5-3-14)16-19-12-24-20-16/h2-5,12-13H,6-11H2,1H3,(H,18,22)/t13-/m0/s1. The van der Waals surface area contributed by atoms with Crippen LogP contribution >= 0.6 is 0 Å². The molecule has 0 unspecified atom stereocenters. The number of carbonyl (C=O) groups is 1. The Morgan fingerprint density at radius 2 is 2.04 bits per heavy atom. The SMILES string of the molecule is C[C@@H](CN1CCOCC1)C(=O)NCc1ccc(-c2ncon2)cc1. The summed E-state index contributed by atoms with van der Waals surface area (Å²) in [5.41, 5.74) is 1.92. The third-order valence-corrected chi connectivity index (χ3v) is 4.12. The average molecular weight is 330 g/mol. The minimum Gasteiger partial charge on any atom is -0.379 e. The van der Waals surface area contributed by atoms with E-state index in [0.717, 1.165) is 44.0 Å². The Balaban J connectivity index is 1.46. The van der Waals surface area contributed by atoms with Crippen molar-refractivity contribution in [3.05, 3.63) is 36.2 Å². The Bertz CT molecular complexity index is 636. The van der Waals surface area contributed by atoms with Crippen LogP contribution in [-0.4, -0.2) is 53.8 Å². The second-order valence-corrected chi connectivity index (χ2v) is 5.98. The van der Waals surface area contributed by atoms with Crippen LogP contribution < -0.4 is 5.32 Å². The maximum atomic E-state index is 12.2. The van der Waals surface area contributed by atoms with Crippen molar-refractivity contribution in [1.82, 2.24) is 20.4 Å². The van der Waals surface area contributed by atoms with E-state index >= 15 is 0 Å². The quantitative estimate of drug-likeness (QED) is 0.860. The molecule has 3 rings (SSSR count). The molecule has 1 atom stereocenters. The summed E-state index contributed by atoms with van der Waals surface area (Å²) in [7, 11) is 0. The molecule has 1 aromatic heterocycles. The van der Waals surface area contributed by atoms with E-state index in [2.05, 4.69) is 20.4 Å². The minimum absolute atomic E-state index is 0.0401. The van der Waals surface area contributed by atoms with Gasteiger partial charge in [-0.15, -0.1) is 0 Å². The number of hydrogen-bond donors (Lipinski definition) is 1. The van der Waals surface area contributed by atoms with Crippen LogP contribution in [0, 0.1) is 5.92 Å². The van der Waals surface area contributed by atoms with Crippen LogP contribution in [0.4, 0.5) is 0 Å². The van der Waals surface area contributed by atoms with Crippen molar-refractivity contribution in [2.24, 2.45) is 5.92 Å². The molecule has 0 saturated carbocycles. The summed E-state index contributed by atoms with van der Waals surface area (Å²) in [4.78, 5) is 18.5. The molecule has 0 aliphatic carbocycles. The molecule has 7 nitrogen and oxygen atoms in total. The highest BCUT2D eigenvalue weighted by Gasteiger charge is 2.18. The van der Waals surface area contributed by atoms with Gasteiger partial charge in [-0.05, 0) is 5.56 Å². The molecule has 2 heterocycles. The van der Waals surface area contributed by atoms with E-state index < -0.39 is 0 Å². The third kappa shape index (κ3) is 4.39. The molecule has 1 N–H and O–H groups in total. The fourth-order valence-electron chi connectivity index (χ4n) is 2.69. The fraction of sp³-hybridized carbons (Fsp3) is 0.471. The van der Waals surface area contributed by atoms with Crippen LogP contribution in [0.3, 0.4) is 0 Å². The molecule has 0 spiro atoms. The number of aromatic nitrogens is 2. The molecular weight excluding hydrogens is 308 g/mol. The van der Waals surface area contributed by atoms with Gasteiger partial charge in [-0.3, -0.25) is 9.69 Å². The highest BCUT2D eigenvalue weighted by molar-refractivity contribution is 5.78. The van der Waals surface area contributed by atoms with E-state index in [4.69, 9.17) is 9.26 Å². The zero-order valence-corrected chi connectivity index (χ0v) is 13.8. The van der Waals surface area contributed by atoms with Gasteiger partial charge in [-0.25, -0.2) is 0 Å². The van der Waals surface area contributed by atoms with Gasteiger partial charge >= 0.3 is 0 Å². The Labute approximate surface area is 141 Å². The molecule has 2 aromatic rings. The van der Waals surface area contributed by atoms with Crippen LogP contribution in [0.2, 0.25) is 0 Å². The lowest BCUT2D eigenvalue weighted by molar-refractivity contribution is -0.125. The molecule has 1 saturated heterocycles. The van der Waals surface area contributed by atoms with E-state index in [1.54, 1.807) is 0 Å². The summed E-state index contributed by atoms with van der Waals surface area (Å²) in [6, 6.07) is 7.75. The Morgan fingerprint density at radius 3 is 2.71 bits per heavy atom. The fourth-order valence-corrected chi connectivity index (χ4v) is 2.69. The molecule has 0 bridgehead atoms. The van der Waals surface area contributed by atoms with Crippen LogP contribution in [0.25, 0.3) is 11.4 Å². The second-order valence-electron chi connectivity index (χ2n) is 5.98. The van der Waals surface area contributed by atoms with Crippen LogP contribution in [-0.2, 0) is 16.1 Å². The van der Waals surface area contributed by atoms with Gasteiger partial charge in [0, 0.05) is 37.7 Å². The highest BCUT2D eigenvalue weighted by Crippen LogP contribution is 2.15. The summed E-state index contributed by atoms with van der Waals surface area (Å²) >= 11 is 0. The number of benzene rings is 1. The maximum Gasteiger partial charge on any atom is 0.224 e. The molecule has 1 fully saturated rings. The van der Waals surface area contributed by atoms with Crippen LogP contribution in [0.15, 0.2) is 35.2 Å². The number of amides is 1. The molecule has 7 heteroatoms. The topological polar surface area (TPSA) is 80.5 Å². The minimum atomic E-state index is -0.0401. The van der Waals surface area contributed by atoms with Gasteiger partial charge in [0.05, 0.1) is 13.2 Å². The number of morpholine rings is 1. The van der Waals surface area contributed by atoms with Gasteiger partial charge in [-0.1, -0.05) is 36.3 Å². The van der Waals surface area contributed by atoms with Crippen LogP contribution in [0.5, 0.6) is 0 Å². The van der Waals surface area contributed by atoms with Crippen molar-refractivity contribution >= 4 is 5.91 Å². The first-order valence-electron chi connectivity index (χ1n) is 8.16. The summed E-state index contributed by atoms with van der Waals surface area (Å²) in [5.74, 6) is 0.593. The summed E-state index contributed by atoms with van der Waals surface area (Å²) in [6.07, 6.45) is 1.30. The Hall–Kier alpha value is -2.25. The normalized spacial score (nSPS) is 16.7. The molecule has 0 radical (unpaired) electrons. The van der Waals surface area contributed by atoms with Gasteiger partial charge in [-0.2, -0.15) is 4.98 Å². The lowest BCUT2D eigenvalue weighted by atomic mass is 10.1. The van der Waals surface area contributed by atoms with Crippen molar-refractivity contribution in [2.45, 2.75) is 13.5 Å². The van der Waals surface area contributed by atoms with E-state index in [-0.39, 0.29) is 11.8 Å². The third-order valence-electron chi connectivity index (χ3n) is 4.12. The summed E-state index contributed by atoms with van der Waals surface area (Å²) in [5, 5.41) is 6.80. The van der Waals surface area contributed by atoms with E-state index in [0.29, 0.717) is 12.4 Å². The van der Waals surface area contributed by atoms with Crippen molar-refractivity contribution in [2.75, 3.05) is 32.8 Å². The predicted molar refractivity (Wildman–Crippen MR) is 88.0 cm³/mol. The van der Waals surface area contributed by atoms with Crippen molar-refractivity contribution in [1.29, 1.82) is 0 Å². The molecular formula is C17H22N4O3. The number of ether oxygens (including phenoxy) is 1. The summed E-state index contributed by atoms with van der Waals surface area (Å²) in [6.45, 7) is 6.54. The van der Waals surface area contributed by atoms with Gasteiger partial charge in [0.2, 0.25) is 18.1 Å². The Kier molecular flexibility index (Phi) is 5.55. The first kappa shape index (κ1) is 16.6. The van der Waals surface area contributed by atoms with E-state index in [1.165, 1.54) is 6.39 Å². The van der Waals surface area contributed by atoms with Gasteiger partial charge in [0.15, 0.2) is 0 Å². The molecule has 128 valence electrons. The first-order chi connectivity index (χ1) is 11.7. The zero-order chi connectivity index (χ0) is 16.8. The van der Waals surface area contributed by atoms with Crippen molar-refractivity contribution < 1.29 is 14.1 Å². The monoisotopic (exact) mass is 330 g/mol. The van der Waals surface area contributed by atoms with E-state index in [1.807, 2.05) is 31.2 Å². The number of rotatable bonds is 6. The first-order valence-corrected chi connectivity index (χ1v) is 8.16. The van der Waals surface area contributed by atoms with Gasteiger partial charge < -0.3 is 14.6 Å². The van der Waals surface area contributed by atoms with Gasteiger partial charge in [0.1, 0.15) is 0 Å². The summed E-state index contributed by atoms with van der Waals surface area (Å²) < 4.78 is 10.1. The lowest BCUT2D eigenvalue weighted by Crippen LogP contribution is -2.42. The lowest BCUT2D eigenvalue weighted by Gasteiger charge is -2.28. The smallest absolute Gasteiger partial charge is 0.224 e. The number of nitrogens with one attached hydrogen (secondary N) is 1. The Morgan fingerprint density at radius 1 is 1.29 bits per heavy atom. The van der Waals surface area contributed by atoms with Crippen molar-refractivity contribution in [3.8, 4) is 11.4 Å². The number of nitrogens with zero attached hydrogens (tertiary/aromatic N) is 3. The average Bonchev–Trinajstić information content (AvgIpc) is 3.15. The number of carbonyl (C=O) groups excluding carboxylic acids is 1.